The molecule has 23 heavy (non-hydrogen) atoms. The molecule has 0 amide bonds. The largest absolute Gasteiger partial charge is 0.308 e. The van der Waals surface area contributed by atoms with Crippen LogP contribution in [0.15, 0.2) is 37.1 Å². The molecule has 3 aromatic rings. The Morgan fingerprint density at radius 3 is 2.87 bits per heavy atom. The summed E-state index contributed by atoms with van der Waals surface area (Å²) in [5, 5.41) is 12.2. The average molecular weight is 311 g/mol. The van der Waals surface area contributed by atoms with E-state index < -0.39 is 0 Å². The second kappa shape index (κ2) is 6.70. The summed E-state index contributed by atoms with van der Waals surface area (Å²) in [6, 6.07) is 6.36. The van der Waals surface area contributed by atoms with Gasteiger partial charge in [0.1, 0.15) is 12.7 Å². The molecule has 0 bridgehead atoms. The smallest absolute Gasteiger partial charge is 0.159 e. The number of hydrogen-bond donors (Lipinski definition) is 1. The molecule has 0 fully saturated rings. The zero-order chi connectivity index (χ0) is 16.2. The third-order valence-electron chi connectivity index (χ3n) is 3.69. The van der Waals surface area contributed by atoms with Crippen molar-refractivity contribution in [3.8, 4) is 5.82 Å². The molecule has 3 heterocycles. The van der Waals surface area contributed by atoms with Crippen LogP contribution in [0, 0.1) is 13.8 Å². The minimum absolute atomic E-state index is 0.289. The Morgan fingerprint density at radius 2 is 2.17 bits per heavy atom. The zero-order valence-corrected chi connectivity index (χ0v) is 13.6. The van der Waals surface area contributed by atoms with Gasteiger partial charge in [-0.15, -0.1) is 0 Å². The highest BCUT2D eigenvalue weighted by molar-refractivity contribution is 5.31. The minimum atomic E-state index is 0.289. The van der Waals surface area contributed by atoms with Crippen LogP contribution in [0.1, 0.15) is 23.9 Å². The van der Waals surface area contributed by atoms with Gasteiger partial charge in [0.05, 0.1) is 12.2 Å². The van der Waals surface area contributed by atoms with Gasteiger partial charge in [-0.05, 0) is 32.9 Å². The van der Waals surface area contributed by atoms with Crippen molar-refractivity contribution in [2.24, 2.45) is 0 Å². The molecule has 3 aromatic heterocycles. The Hall–Kier alpha value is -2.54. The molecule has 0 aliphatic carbocycles. The lowest BCUT2D eigenvalue weighted by molar-refractivity contribution is 0.443. The van der Waals surface area contributed by atoms with Crippen LogP contribution < -0.4 is 5.32 Å². The van der Waals surface area contributed by atoms with E-state index in [1.54, 1.807) is 17.2 Å². The second-order valence-corrected chi connectivity index (χ2v) is 5.72. The van der Waals surface area contributed by atoms with E-state index in [1.165, 1.54) is 12.0 Å². The molecule has 7 heteroatoms. The van der Waals surface area contributed by atoms with Gasteiger partial charge in [0.15, 0.2) is 5.82 Å². The van der Waals surface area contributed by atoms with Crippen molar-refractivity contribution in [3.63, 3.8) is 0 Å². The molecule has 0 radical (unpaired) electrons. The van der Waals surface area contributed by atoms with E-state index in [9.17, 15) is 0 Å². The fraction of sp³-hybridized carbons (Fsp3) is 0.375. The van der Waals surface area contributed by atoms with Gasteiger partial charge in [-0.1, -0.05) is 6.07 Å². The second-order valence-electron chi connectivity index (χ2n) is 5.72. The molecule has 7 nitrogen and oxygen atoms in total. The van der Waals surface area contributed by atoms with Crippen LogP contribution >= 0.6 is 0 Å². The van der Waals surface area contributed by atoms with Gasteiger partial charge >= 0.3 is 0 Å². The fourth-order valence-electron chi connectivity index (χ4n) is 2.56. The first-order valence-corrected chi connectivity index (χ1v) is 7.67. The lowest BCUT2D eigenvalue weighted by atomic mass is 10.2. The van der Waals surface area contributed by atoms with Crippen LogP contribution in [-0.4, -0.2) is 35.6 Å². The highest BCUT2D eigenvalue weighted by Gasteiger charge is 2.10. The molecule has 0 aromatic carbocycles. The summed E-state index contributed by atoms with van der Waals surface area (Å²) in [4.78, 5) is 8.39. The van der Waals surface area contributed by atoms with Crippen LogP contribution in [0.2, 0.25) is 0 Å². The third-order valence-corrected chi connectivity index (χ3v) is 3.69. The molecule has 0 saturated heterocycles. The van der Waals surface area contributed by atoms with E-state index in [1.807, 2.05) is 23.7 Å². The van der Waals surface area contributed by atoms with Crippen LogP contribution in [0.25, 0.3) is 5.82 Å². The normalized spacial score (nSPS) is 12.5. The Kier molecular flexibility index (Phi) is 4.47. The molecule has 1 atom stereocenters. The SMILES string of the molecule is Cc1cc(C)n(CC(C)NCc2cccnc2-n2cncn2)n1. The summed E-state index contributed by atoms with van der Waals surface area (Å²) in [5.74, 6) is 0.802. The van der Waals surface area contributed by atoms with Crippen molar-refractivity contribution >= 4 is 0 Å². The van der Waals surface area contributed by atoms with E-state index >= 15 is 0 Å². The molecule has 3 rings (SSSR count). The van der Waals surface area contributed by atoms with Gasteiger partial charge in [0.25, 0.3) is 0 Å². The number of nitrogens with one attached hydrogen (secondary N) is 1. The third kappa shape index (κ3) is 3.62. The van der Waals surface area contributed by atoms with Gasteiger partial charge in [-0.25, -0.2) is 14.6 Å². The van der Waals surface area contributed by atoms with Crippen LogP contribution in [0.3, 0.4) is 0 Å². The van der Waals surface area contributed by atoms with Crippen LogP contribution in [0.5, 0.6) is 0 Å². The molecule has 0 aliphatic heterocycles. The number of aromatic nitrogens is 6. The number of aryl methyl sites for hydroxylation is 2. The molecule has 0 spiro atoms. The van der Waals surface area contributed by atoms with Gasteiger partial charge in [-0.2, -0.15) is 10.2 Å². The number of nitrogens with zero attached hydrogens (tertiary/aromatic N) is 6. The lowest BCUT2D eigenvalue weighted by Crippen LogP contribution is -2.31. The highest BCUT2D eigenvalue weighted by atomic mass is 15.3. The molecule has 120 valence electrons. The summed E-state index contributed by atoms with van der Waals surface area (Å²) in [6.07, 6.45) is 4.93. The monoisotopic (exact) mass is 311 g/mol. The standard InChI is InChI=1S/C16H21N7/c1-12-7-14(3)22(21-12)9-13(2)19-8-15-5-4-6-18-16(15)23-11-17-10-20-23/h4-7,10-11,13,19H,8-9H2,1-3H3. The fourth-order valence-corrected chi connectivity index (χ4v) is 2.56. The van der Waals surface area contributed by atoms with Crippen molar-refractivity contribution in [3.05, 3.63) is 54.0 Å². The Bertz CT molecular complexity index is 761. The first-order valence-electron chi connectivity index (χ1n) is 7.67. The summed E-state index contributed by atoms with van der Waals surface area (Å²) in [6.45, 7) is 7.79. The quantitative estimate of drug-likeness (QED) is 0.749. The maximum Gasteiger partial charge on any atom is 0.159 e. The average Bonchev–Trinajstić information content (AvgIpc) is 3.16. The predicted molar refractivity (Wildman–Crippen MR) is 87.2 cm³/mol. The molecule has 0 saturated carbocycles. The van der Waals surface area contributed by atoms with Crippen molar-refractivity contribution in [2.75, 3.05) is 0 Å². The number of hydrogen-bond acceptors (Lipinski definition) is 5. The number of rotatable bonds is 6. The topological polar surface area (TPSA) is 73.5 Å². The first kappa shape index (κ1) is 15.4. The predicted octanol–water partition coefficient (Wildman–Crippen LogP) is 1.65. The molecule has 1 N–H and O–H groups in total. The van der Waals surface area contributed by atoms with E-state index in [4.69, 9.17) is 0 Å². The van der Waals surface area contributed by atoms with E-state index in [0.717, 1.165) is 23.6 Å². The van der Waals surface area contributed by atoms with Crippen LogP contribution in [0.4, 0.5) is 0 Å². The van der Waals surface area contributed by atoms with Gasteiger partial charge in [0.2, 0.25) is 0 Å². The Labute approximate surface area is 135 Å². The maximum absolute atomic E-state index is 4.51. The Balaban J connectivity index is 1.65. The molecule has 0 aliphatic rings. The van der Waals surface area contributed by atoms with Gasteiger partial charge in [-0.3, -0.25) is 4.68 Å². The van der Waals surface area contributed by atoms with Crippen molar-refractivity contribution < 1.29 is 0 Å². The lowest BCUT2D eigenvalue weighted by Gasteiger charge is -2.16. The van der Waals surface area contributed by atoms with Gasteiger partial charge < -0.3 is 5.32 Å². The van der Waals surface area contributed by atoms with Gasteiger partial charge in [0, 0.05) is 30.0 Å². The molecule has 1 unspecified atom stereocenters. The first-order chi connectivity index (χ1) is 11.1. The summed E-state index contributed by atoms with van der Waals surface area (Å²) < 4.78 is 3.72. The van der Waals surface area contributed by atoms with Crippen molar-refractivity contribution in [1.29, 1.82) is 0 Å². The summed E-state index contributed by atoms with van der Waals surface area (Å²) in [7, 11) is 0. The molecular weight excluding hydrogens is 290 g/mol. The minimum Gasteiger partial charge on any atom is -0.308 e. The molecular formula is C16H21N7. The van der Waals surface area contributed by atoms with E-state index in [-0.39, 0.29) is 6.04 Å². The number of pyridine rings is 1. The maximum atomic E-state index is 4.51. The zero-order valence-electron chi connectivity index (χ0n) is 13.6. The highest BCUT2D eigenvalue weighted by Crippen LogP contribution is 2.10. The Morgan fingerprint density at radius 1 is 1.30 bits per heavy atom. The van der Waals surface area contributed by atoms with Crippen LogP contribution in [-0.2, 0) is 13.1 Å². The van der Waals surface area contributed by atoms with Crippen molar-refractivity contribution in [1.82, 2.24) is 34.8 Å². The summed E-state index contributed by atoms with van der Waals surface area (Å²) in [5.41, 5.74) is 3.31. The van der Waals surface area contributed by atoms with E-state index in [0.29, 0.717) is 6.54 Å². The van der Waals surface area contributed by atoms with Crippen molar-refractivity contribution in [2.45, 2.75) is 39.9 Å². The summed E-state index contributed by atoms with van der Waals surface area (Å²) >= 11 is 0. The van der Waals surface area contributed by atoms with E-state index in [2.05, 4.69) is 45.4 Å².